The Morgan fingerprint density at radius 2 is 1.78 bits per heavy atom. The van der Waals surface area contributed by atoms with E-state index >= 15 is 0 Å². The third-order valence-corrected chi connectivity index (χ3v) is 6.25. The second kappa shape index (κ2) is 9.37. The van der Waals surface area contributed by atoms with Gasteiger partial charge in [0.05, 0.1) is 11.6 Å². The summed E-state index contributed by atoms with van der Waals surface area (Å²) >= 11 is 0. The highest BCUT2D eigenvalue weighted by Crippen LogP contribution is 2.21. The highest BCUT2D eigenvalue weighted by molar-refractivity contribution is 5.82. The molecule has 2 aromatic carbocycles. The Labute approximate surface area is 187 Å². The molecule has 0 saturated carbocycles. The van der Waals surface area contributed by atoms with Gasteiger partial charge in [-0.3, -0.25) is 9.69 Å². The molecule has 6 nitrogen and oxygen atoms in total. The molecule has 1 fully saturated rings. The zero-order valence-electron chi connectivity index (χ0n) is 18.6. The predicted molar refractivity (Wildman–Crippen MR) is 123 cm³/mol. The van der Waals surface area contributed by atoms with Crippen molar-refractivity contribution < 1.29 is 9.21 Å². The molecule has 1 aliphatic heterocycles. The molecule has 0 spiro atoms. The van der Waals surface area contributed by atoms with Gasteiger partial charge < -0.3 is 9.32 Å². The summed E-state index contributed by atoms with van der Waals surface area (Å²) in [6.07, 6.45) is 0.695. The first kappa shape index (κ1) is 21.8. The minimum Gasteiger partial charge on any atom is -0.423 e. The summed E-state index contributed by atoms with van der Waals surface area (Å²) in [7, 11) is 0. The van der Waals surface area contributed by atoms with E-state index in [-0.39, 0.29) is 11.5 Å². The van der Waals surface area contributed by atoms with Crippen LogP contribution in [0.3, 0.4) is 0 Å². The molecule has 0 radical (unpaired) electrons. The molecule has 0 bridgehead atoms. The van der Waals surface area contributed by atoms with Crippen LogP contribution < -0.4 is 5.63 Å². The third kappa shape index (κ3) is 4.74. The highest BCUT2D eigenvalue weighted by atomic mass is 16.4. The second-order valence-corrected chi connectivity index (χ2v) is 8.46. The average Bonchev–Trinajstić information content (AvgIpc) is 2.79. The summed E-state index contributed by atoms with van der Waals surface area (Å²) in [6, 6.07) is 15.6. The molecule has 6 heteroatoms. The maximum atomic E-state index is 12.8. The minimum atomic E-state index is -0.347. The maximum Gasteiger partial charge on any atom is 0.339 e. The van der Waals surface area contributed by atoms with E-state index in [0.29, 0.717) is 42.6 Å². The Balaban J connectivity index is 1.33. The van der Waals surface area contributed by atoms with E-state index in [0.717, 1.165) is 41.7 Å². The molecule has 0 N–H and O–H groups in total. The Kier molecular flexibility index (Phi) is 6.38. The number of fused-ring (bicyclic) bond motifs is 1. The first-order valence-electron chi connectivity index (χ1n) is 11.0. The number of nitriles is 1. The number of aryl methyl sites for hydroxylation is 2. The van der Waals surface area contributed by atoms with Crippen LogP contribution in [0, 0.1) is 25.2 Å². The molecular weight excluding hydrogens is 402 g/mol. The molecule has 1 saturated heterocycles. The van der Waals surface area contributed by atoms with Gasteiger partial charge in [0.25, 0.3) is 0 Å². The summed E-state index contributed by atoms with van der Waals surface area (Å²) in [6.45, 7) is 7.68. The normalized spacial score (nSPS) is 14.5. The van der Waals surface area contributed by atoms with E-state index in [9.17, 15) is 9.59 Å². The SMILES string of the molecule is Cc1ccc2c(C)c(CCC(=O)N3CCN(Cc4ccc(C#N)cc4)CC3)c(=O)oc2c1. The molecule has 4 rings (SSSR count). The fourth-order valence-corrected chi connectivity index (χ4v) is 4.28. The number of rotatable bonds is 5. The van der Waals surface area contributed by atoms with Gasteiger partial charge in [0.2, 0.25) is 5.91 Å². The van der Waals surface area contributed by atoms with Crippen molar-refractivity contribution in [3.05, 3.63) is 80.7 Å². The number of hydrogen-bond acceptors (Lipinski definition) is 5. The van der Waals surface area contributed by atoms with E-state index in [4.69, 9.17) is 9.68 Å². The van der Waals surface area contributed by atoms with Gasteiger partial charge in [0, 0.05) is 50.1 Å². The van der Waals surface area contributed by atoms with Crippen LogP contribution in [-0.2, 0) is 17.8 Å². The van der Waals surface area contributed by atoms with Crippen LogP contribution >= 0.6 is 0 Å². The lowest BCUT2D eigenvalue weighted by atomic mass is 10.0. The summed E-state index contributed by atoms with van der Waals surface area (Å²) < 4.78 is 5.51. The van der Waals surface area contributed by atoms with Gasteiger partial charge in [-0.15, -0.1) is 0 Å². The van der Waals surface area contributed by atoms with Crippen LogP contribution in [0.2, 0.25) is 0 Å². The molecule has 1 aromatic heterocycles. The largest absolute Gasteiger partial charge is 0.423 e. The van der Waals surface area contributed by atoms with E-state index < -0.39 is 0 Å². The Hall–Kier alpha value is -3.43. The smallest absolute Gasteiger partial charge is 0.339 e. The van der Waals surface area contributed by atoms with Crippen molar-refractivity contribution in [1.29, 1.82) is 5.26 Å². The minimum absolute atomic E-state index is 0.0748. The van der Waals surface area contributed by atoms with Crippen LogP contribution in [0.25, 0.3) is 11.0 Å². The first-order valence-corrected chi connectivity index (χ1v) is 11.0. The average molecular weight is 430 g/mol. The number of carbonyl (C=O) groups is 1. The van der Waals surface area contributed by atoms with Gasteiger partial charge >= 0.3 is 5.63 Å². The molecule has 0 unspecified atom stereocenters. The van der Waals surface area contributed by atoms with Crippen molar-refractivity contribution in [1.82, 2.24) is 9.80 Å². The monoisotopic (exact) mass is 429 g/mol. The van der Waals surface area contributed by atoms with Crippen molar-refractivity contribution in [3.63, 3.8) is 0 Å². The van der Waals surface area contributed by atoms with Crippen molar-refractivity contribution in [3.8, 4) is 6.07 Å². The summed E-state index contributed by atoms with van der Waals surface area (Å²) in [5, 5.41) is 9.84. The van der Waals surface area contributed by atoms with Crippen LogP contribution in [0.4, 0.5) is 0 Å². The summed E-state index contributed by atoms with van der Waals surface area (Å²) in [4.78, 5) is 29.5. The Morgan fingerprint density at radius 1 is 1.06 bits per heavy atom. The maximum absolute atomic E-state index is 12.8. The quantitative estimate of drug-likeness (QED) is 0.580. The topological polar surface area (TPSA) is 77.5 Å². The standard InChI is InChI=1S/C26H27N3O3/c1-18-3-8-22-19(2)23(26(31)32-24(22)15-18)9-10-25(30)29-13-11-28(12-14-29)17-21-6-4-20(16-27)5-7-21/h3-8,15H,9-14,17H2,1-2H3. The fourth-order valence-electron chi connectivity index (χ4n) is 4.28. The molecule has 0 aliphatic carbocycles. The first-order chi connectivity index (χ1) is 15.4. The molecule has 3 aromatic rings. The van der Waals surface area contributed by atoms with Crippen molar-refractivity contribution in [2.24, 2.45) is 0 Å². The number of amides is 1. The van der Waals surface area contributed by atoms with Crippen LogP contribution in [-0.4, -0.2) is 41.9 Å². The fraction of sp³-hybridized carbons (Fsp3) is 0.346. The summed E-state index contributed by atoms with van der Waals surface area (Å²) in [5.41, 5.74) is 4.61. The van der Waals surface area contributed by atoms with Crippen molar-refractivity contribution in [2.75, 3.05) is 26.2 Å². The van der Waals surface area contributed by atoms with E-state index in [1.165, 1.54) is 0 Å². The van der Waals surface area contributed by atoms with Gasteiger partial charge in [-0.25, -0.2) is 4.79 Å². The lowest BCUT2D eigenvalue weighted by molar-refractivity contribution is -0.133. The predicted octanol–water partition coefficient (Wildman–Crippen LogP) is 3.56. The zero-order chi connectivity index (χ0) is 22.7. The van der Waals surface area contributed by atoms with Crippen LogP contribution in [0.15, 0.2) is 51.7 Å². The number of nitrogens with zero attached hydrogens (tertiary/aromatic N) is 3. The number of hydrogen-bond donors (Lipinski definition) is 0. The number of carbonyl (C=O) groups excluding carboxylic acids is 1. The number of benzene rings is 2. The molecule has 2 heterocycles. The zero-order valence-corrected chi connectivity index (χ0v) is 18.6. The van der Waals surface area contributed by atoms with Gasteiger partial charge in [-0.05, 0) is 55.2 Å². The van der Waals surface area contributed by atoms with Gasteiger partial charge in [0.15, 0.2) is 0 Å². The van der Waals surface area contributed by atoms with Crippen molar-refractivity contribution >= 4 is 16.9 Å². The lowest BCUT2D eigenvalue weighted by Crippen LogP contribution is -2.48. The molecule has 1 aliphatic rings. The molecular formula is C26H27N3O3. The number of piperazine rings is 1. The van der Waals surface area contributed by atoms with E-state index in [1.54, 1.807) is 0 Å². The van der Waals surface area contributed by atoms with E-state index in [1.807, 2.05) is 61.2 Å². The van der Waals surface area contributed by atoms with Crippen LogP contribution in [0.5, 0.6) is 0 Å². The lowest BCUT2D eigenvalue weighted by Gasteiger charge is -2.34. The van der Waals surface area contributed by atoms with Gasteiger partial charge in [0.1, 0.15) is 5.58 Å². The van der Waals surface area contributed by atoms with Crippen LogP contribution in [0.1, 0.15) is 34.2 Å². The van der Waals surface area contributed by atoms with Gasteiger partial charge in [-0.1, -0.05) is 24.3 Å². The molecule has 32 heavy (non-hydrogen) atoms. The Bertz CT molecular complexity index is 1230. The summed E-state index contributed by atoms with van der Waals surface area (Å²) in [5.74, 6) is 0.0748. The second-order valence-electron chi connectivity index (χ2n) is 8.46. The third-order valence-electron chi connectivity index (χ3n) is 6.25. The molecule has 164 valence electrons. The van der Waals surface area contributed by atoms with Gasteiger partial charge in [-0.2, -0.15) is 5.26 Å². The Morgan fingerprint density at radius 3 is 2.47 bits per heavy atom. The van der Waals surface area contributed by atoms with Crippen molar-refractivity contribution in [2.45, 2.75) is 33.2 Å². The molecule has 0 atom stereocenters. The molecule has 1 amide bonds. The van der Waals surface area contributed by atoms with E-state index in [2.05, 4.69) is 11.0 Å². The highest BCUT2D eigenvalue weighted by Gasteiger charge is 2.22.